The Balaban J connectivity index is 2.14. The van der Waals surface area contributed by atoms with Gasteiger partial charge in [0.2, 0.25) is 5.91 Å². The number of nitrogens with two attached hydrogens (primary N) is 1. The summed E-state index contributed by atoms with van der Waals surface area (Å²) in [5.41, 5.74) is 5.99. The number of hydrogen-bond donors (Lipinski definition) is 1. The molecule has 0 radical (unpaired) electrons. The molecule has 1 aliphatic carbocycles. The predicted molar refractivity (Wildman–Crippen MR) is 74.1 cm³/mol. The van der Waals surface area contributed by atoms with Crippen LogP contribution in [-0.2, 0) is 4.79 Å². The first-order valence-electron chi connectivity index (χ1n) is 7.53. The van der Waals surface area contributed by atoms with Crippen LogP contribution in [0.4, 0.5) is 0 Å². The van der Waals surface area contributed by atoms with Crippen LogP contribution in [0, 0.1) is 11.3 Å². The average Bonchev–Trinajstić information content (AvgIpc) is 2.88. The second-order valence-electron chi connectivity index (χ2n) is 6.78. The molecule has 1 heterocycles. The van der Waals surface area contributed by atoms with Crippen LogP contribution in [0.3, 0.4) is 0 Å². The number of rotatable bonds is 3. The smallest absolute Gasteiger partial charge is 0.229 e. The first kappa shape index (κ1) is 13.9. The van der Waals surface area contributed by atoms with Gasteiger partial charge in [-0.1, -0.05) is 26.7 Å². The van der Waals surface area contributed by atoms with Crippen LogP contribution >= 0.6 is 0 Å². The molecule has 0 aromatic carbocycles. The quantitative estimate of drug-likeness (QED) is 0.839. The summed E-state index contributed by atoms with van der Waals surface area (Å²) >= 11 is 0. The van der Waals surface area contributed by atoms with Crippen LogP contribution in [0.5, 0.6) is 0 Å². The lowest BCUT2D eigenvalue weighted by atomic mass is 9.77. The van der Waals surface area contributed by atoms with Crippen molar-refractivity contribution in [2.45, 2.75) is 71.4 Å². The lowest BCUT2D eigenvalue weighted by Gasteiger charge is -2.36. The fourth-order valence-corrected chi connectivity index (χ4v) is 3.89. The van der Waals surface area contributed by atoms with Crippen LogP contribution in [0.1, 0.15) is 59.3 Å². The normalized spacial score (nSPS) is 31.3. The van der Waals surface area contributed by atoms with Gasteiger partial charge in [-0.15, -0.1) is 0 Å². The number of carbonyl (C=O) groups is 1. The predicted octanol–water partition coefficient (Wildman–Crippen LogP) is 2.54. The fraction of sp³-hybridized carbons (Fsp3) is 0.933. The maximum atomic E-state index is 12.9. The van der Waals surface area contributed by atoms with E-state index in [0.29, 0.717) is 11.8 Å². The minimum Gasteiger partial charge on any atom is -0.338 e. The second kappa shape index (κ2) is 5.20. The molecule has 2 N–H and O–H groups in total. The van der Waals surface area contributed by atoms with Gasteiger partial charge in [-0.2, -0.15) is 0 Å². The Kier molecular flexibility index (Phi) is 4.00. The minimum atomic E-state index is -0.0630. The summed E-state index contributed by atoms with van der Waals surface area (Å²) in [5, 5.41) is 0. The number of carbonyl (C=O) groups excluding carboxylic acids is 1. The zero-order valence-electron chi connectivity index (χ0n) is 12.1. The van der Waals surface area contributed by atoms with E-state index in [0.717, 1.165) is 32.2 Å². The topological polar surface area (TPSA) is 46.3 Å². The van der Waals surface area contributed by atoms with Crippen molar-refractivity contribution in [1.82, 2.24) is 4.90 Å². The van der Waals surface area contributed by atoms with Crippen molar-refractivity contribution in [3.63, 3.8) is 0 Å². The zero-order chi connectivity index (χ0) is 13.3. The van der Waals surface area contributed by atoms with Gasteiger partial charge >= 0.3 is 0 Å². The van der Waals surface area contributed by atoms with Gasteiger partial charge in [0.05, 0.1) is 0 Å². The van der Waals surface area contributed by atoms with E-state index in [2.05, 4.69) is 25.7 Å². The van der Waals surface area contributed by atoms with Gasteiger partial charge in [-0.3, -0.25) is 4.79 Å². The Morgan fingerprint density at radius 3 is 2.44 bits per heavy atom. The third-order valence-electron chi connectivity index (χ3n) is 4.89. The highest BCUT2D eigenvalue weighted by Gasteiger charge is 2.46. The molecule has 18 heavy (non-hydrogen) atoms. The number of amides is 1. The Hall–Kier alpha value is -0.570. The standard InChI is InChI=1S/C15H28N2O/c1-11(2)10-15(7-4-5-8-15)14(18)17-9-6-13(16)12(17)3/h11-13H,4-10,16H2,1-3H3. The molecule has 2 fully saturated rings. The SMILES string of the molecule is CC(C)CC1(C(=O)N2CCC(N)C2C)CCCC1. The van der Waals surface area contributed by atoms with Gasteiger partial charge in [-0.05, 0) is 38.5 Å². The van der Waals surface area contributed by atoms with E-state index in [-0.39, 0.29) is 17.5 Å². The van der Waals surface area contributed by atoms with E-state index in [1.807, 2.05) is 0 Å². The van der Waals surface area contributed by atoms with E-state index in [1.54, 1.807) is 0 Å². The third kappa shape index (κ3) is 2.42. The first-order chi connectivity index (χ1) is 8.46. The summed E-state index contributed by atoms with van der Waals surface area (Å²) < 4.78 is 0. The van der Waals surface area contributed by atoms with Crippen LogP contribution in [0.15, 0.2) is 0 Å². The summed E-state index contributed by atoms with van der Waals surface area (Å²) in [5.74, 6) is 0.993. The number of nitrogens with zero attached hydrogens (tertiary/aromatic N) is 1. The Labute approximate surface area is 111 Å². The molecule has 1 saturated carbocycles. The van der Waals surface area contributed by atoms with Crippen molar-refractivity contribution in [3.05, 3.63) is 0 Å². The van der Waals surface area contributed by atoms with E-state index in [1.165, 1.54) is 12.8 Å². The summed E-state index contributed by atoms with van der Waals surface area (Å²) in [6.45, 7) is 7.42. The highest BCUT2D eigenvalue weighted by atomic mass is 16.2. The van der Waals surface area contributed by atoms with E-state index < -0.39 is 0 Å². The van der Waals surface area contributed by atoms with Gasteiger partial charge in [0, 0.05) is 24.0 Å². The van der Waals surface area contributed by atoms with Gasteiger partial charge in [0.15, 0.2) is 0 Å². The van der Waals surface area contributed by atoms with Gasteiger partial charge < -0.3 is 10.6 Å². The molecule has 2 atom stereocenters. The first-order valence-corrected chi connectivity index (χ1v) is 7.53. The molecule has 1 aliphatic heterocycles. The molecule has 3 heteroatoms. The van der Waals surface area contributed by atoms with Crippen molar-refractivity contribution in [2.75, 3.05) is 6.54 Å². The maximum Gasteiger partial charge on any atom is 0.229 e. The lowest BCUT2D eigenvalue weighted by molar-refractivity contribution is -0.143. The van der Waals surface area contributed by atoms with Crippen LogP contribution in [0.2, 0.25) is 0 Å². The molecule has 0 bridgehead atoms. The number of hydrogen-bond acceptors (Lipinski definition) is 2. The van der Waals surface area contributed by atoms with Gasteiger partial charge in [-0.25, -0.2) is 0 Å². The fourth-order valence-electron chi connectivity index (χ4n) is 3.89. The molecule has 2 unspecified atom stereocenters. The summed E-state index contributed by atoms with van der Waals surface area (Å²) in [7, 11) is 0. The molecule has 2 aliphatic rings. The molecule has 3 nitrogen and oxygen atoms in total. The molecule has 0 aromatic heterocycles. The highest BCUT2D eigenvalue weighted by Crippen LogP contribution is 2.45. The number of likely N-dealkylation sites (tertiary alicyclic amines) is 1. The summed E-state index contributed by atoms with van der Waals surface area (Å²) in [6, 6.07) is 0.397. The third-order valence-corrected chi connectivity index (χ3v) is 4.89. The molecule has 0 spiro atoms. The molecule has 1 amide bonds. The molecule has 2 rings (SSSR count). The van der Waals surface area contributed by atoms with E-state index in [9.17, 15) is 4.79 Å². The summed E-state index contributed by atoms with van der Waals surface area (Å²) in [6.07, 6.45) is 6.61. The second-order valence-corrected chi connectivity index (χ2v) is 6.78. The lowest BCUT2D eigenvalue weighted by Crippen LogP contribution is -2.47. The van der Waals surface area contributed by atoms with Gasteiger partial charge in [0.1, 0.15) is 0 Å². The highest BCUT2D eigenvalue weighted by molar-refractivity contribution is 5.83. The average molecular weight is 252 g/mol. The monoisotopic (exact) mass is 252 g/mol. The minimum absolute atomic E-state index is 0.0630. The Morgan fingerprint density at radius 2 is 2.00 bits per heavy atom. The molecule has 1 saturated heterocycles. The van der Waals surface area contributed by atoms with Crippen molar-refractivity contribution in [3.8, 4) is 0 Å². The summed E-state index contributed by atoms with van der Waals surface area (Å²) in [4.78, 5) is 15.0. The van der Waals surface area contributed by atoms with Crippen molar-refractivity contribution in [2.24, 2.45) is 17.1 Å². The maximum absolute atomic E-state index is 12.9. The molecule has 104 valence electrons. The Bertz CT molecular complexity index is 308. The van der Waals surface area contributed by atoms with Gasteiger partial charge in [0.25, 0.3) is 0 Å². The molecular weight excluding hydrogens is 224 g/mol. The molecule has 0 aromatic rings. The van der Waals surface area contributed by atoms with Crippen LogP contribution in [-0.4, -0.2) is 29.4 Å². The van der Waals surface area contributed by atoms with Crippen LogP contribution in [0.25, 0.3) is 0 Å². The zero-order valence-corrected chi connectivity index (χ0v) is 12.1. The van der Waals surface area contributed by atoms with Crippen molar-refractivity contribution >= 4 is 5.91 Å². The van der Waals surface area contributed by atoms with Crippen LogP contribution < -0.4 is 5.73 Å². The van der Waals surface area contributed by atoms with Crippen molar-refractivity contribution < 1.29 is 4.79 Å². The van der Waals surface area contributed by atoms with E-state index >= 15 is 0 Å². The van der Waals surface area contributed by atoms with Crippen molar-refractivity contribution in [1.29, 1.82) is 0 Å². The van der Waals surface area contributed by atoms with E-state index in [4.69, 9.17) is 5.73 Å². The molecular formula is C15H28N2O. The largest absolute Gasteiger partial charge is 0.338 e. The Morgan fingerprint density at radius 1 is 1.39 bits per heavy atom.